The van der Waals surface area contributed by atoms with Crippen LogP contribution in [-0.2, 0) is 0 Å². The highest BCUT2D eigenvalue weighted by molar-refractivity contribution is 7.99. The topological polar surface area (TPSA) is 85.4 Å². The number of nitrogens with one attached hydrogen (secondary N) is 2. The molecule has 2 amide bonds. The van der Waals surface area contributed by atoms with Crippen molar-refractivity contribution >= 4 is 23.5 Å². The van der Waals surface area contributed by atoms with Crippen LogP contribution in [0.15, 0.2) is 64.9 Å². The van der Waals surface area contributed by atoms with Gasteiger partial charge in [-0.3, -0.25) is 0 Å². The van der Waals surface area contributed by atoms with Crippen molar-refractivity contribution in [2.24, 2.45) is 0 Å². The molecule has 4 rings (SSSR count). The fraction of sp³-hybridized carbons (Fsp3) is 0.190. The lowest BCUT2D eigenvalue weighted by molar-refractivity contribution is 0.174. The summed E-state index contributed by atoms with van der Waals surface area (Å²) in [4.78, 5) is 21.9. The lowest BCUT2D eigenvalue weighted by Crippen LogP contribution is -2.31. The Labute approximate surface area is 172 Å². The SMILES string of the molecule is Cc1cc(Sc2ncccn2)ccc1NC(=O)NC(C)c1ccc2c(c1)OCO2. The van der Waals surface area contributed by atoms with E-state index >= 15 is 0 Å². The first kappa shape index (κ1) is 19.1. The second kappa shape index (κ2) is 8.40. The Bertz CT molecular complexity index is 1030. The van der Waals surface area contributed by atoms with Gasteiger partial charge in [0.1, 0.15) is 0 Å². The number of benzene rings is 2. The molecule has 0 spiro atoms. The second-order valence-corrected chi connectivity index (χ2v) is 7.58. The summed E-state index contributed by atoms with van der Waals surface area (Å²) in [5.41, 5.74) is 2.64. The molecule has 0 saturated heterocycles. The Hall–Kier alpha value is -3.26. The van der Waals surface area contributed by atoms with E-state index in [0.717, 1.165) is 27.5 Å². The molecule has 148 valence electrons. The highest BCUT2D eigenvalue weighted by atomic mass is 32.2. The minimum Gasteiger partial charge on any atom is -0.454 e. The number of aryl methyl sites for hydroxylation is 1. The van der Waals surface area contributed by atoms with E-state index < -0.39 is 0 Å². The molecule has 0 aliphatic carbocycles. The summed E-state index contributed by atoms with van der Waals surface area (Å²) in [6.07, 6.45) is 3.42. The van der Waals surface area contributed by atoms with Crippen molar-refractivity contribution in [1.29, 1.82) is 0 Å². The predicted octanol–water partition coefficient (Wildman–Crippen LogP) is 4.55. The largest absolute Gasteiger partial charge is 0.454 e. The number of hydrogen-bond donors (Lipinski definition) is 2. The molecule has 0 saturated carbocycles. The molecule has 0 fully saturated rings. The number of carbonyl (C=O) groups excluding carboxylic acids is 1. The molecular formula is C21H20N4O3S. The van der Waals surface area contributed by atoms with E-state index in [1.807, 2.05) is 50.2 Å². The van der Waals surface area contributed by atoms with E-state index in [0.29, 0.717) is 10.9 Å². The van der Waals surface area contributed by atoms with Crippen molar-refractivity contribution < 1.29 is 14.3 Å². The van der Waals surface area contributed by atoms with E-state index in [9.17, 15) is 4.79 Å². The molecule has 0 radical (unpaired) electrons. The number of urea groups is 1. The third-order valence-electron chi connectivity index (χ3n) is 4.44. The van der Waals surface area contributed by atoms with Crippen LogP contribution in [0.3, 0.4) is 0 Å². The number of amides is 2. The standard InChI is InChI=1S/C21H20N4O3S/c1-13-10-16(29-21-22-8-3-9-23-21)5-6-17(13)25-20(26)24-14(2)15-4-7-18-19(11-15)28-12-27-18/h3-11,14H,12H2,1-2H3,(H2,24,25,26). The average Bonchev–Trinajstić information content (AvgIpc) is 3.18. The van der Waals surface area contributed by atoms with Crippen molar-refractivity contribution in [3.8, 4) is 11.5 Å². The van der Waals surface area contributed by atoms with Crippen LogP contribution >= 0.6 is 11.8 Å². The molecule has 2 heterocycles. The zero-order chi connectivity index (χ0) is 20.2. The van der Waals surface area contributed by atoms with Crippen LogP contribution in [0.25, 0.3) is 0 Å². The van der Waals surface area contributed by atoms with Crippen molar-refractivity contribution in [3.63, 3.8) is 0 Å². The summed E-state index contributed by atoms with van der Waals surface area (Å²) in [5, 5.41) is 6.54. The van der Waals surface area contributed by atoms with Gasteiger partial charge in [0.25, 0.3) is 0 Å². The summed E-state index contributed by atoms with van der Waals surface area (Å²) in [6, 6.07) is 12.8. The fourth-order valence-corrected chi connectivity index (χ4v) is 3.71. The van der Waals surface area contributed by atoms with Gasteiger partial charge in [0.15, 0.2) is 16.7 Å². The van der Waals surface area contributed by atoms with Crippen LogP contribution in [0.1, 0.15) is 24.1 Å². The van der Waals surface area contributed by atoms with E-state index in [1.54, 1.807) is 18.5 Å². The summed E-state index contributed by atoms with van der Waals surface area (Å²) in [6.45, 7) is 4.10. The van der Waals surface area contributed by atoms with Crippen LogP contribution in [0.2, 0.25) is 0 Å². The monoisotopic (exact) mass is 408 g/mol. The Morgan fingerprint density at radius 3 is 2.69 bits per heavy atom. The predicted molar refractivity (Wildman–Crippen MR) is 110 cm³/mol. The van der Waals surface area contributed by atoms with Gasteiger partial charge in [0, 0.05) is 23.0 Å². The smallest absolute Gasteiger partial charge is 0.319 e. The Balaban J connectivity index is 1.37. The number of carbonyl (C=O) groups is 1. The fourth-order valence-electron chi connectivity index (χ4n) is 2.90. The van der Waals surface area contributed by atoms with Crippen molar-refractivity contribution in [2.45, 2.75) is 29.9 Å². The van der Waals surface area contributed by atoms with Gasteiger partial charge in [-0.05, 0) is 73.1 Å². The second-order valence-electron chi connectivity index (χ2n) is 6.54. The molecule has 1 aliphatic heterocycles. The summed E-state index contributed by atoms with van der Waals surface area (Å²) < 4.78 is 10.7. The van der Waals surface area contributed by atoms with E-state index in [4.69, 9.17) is 9.47 Å². The van der Waals surface area contributed by atoms with Gasteiger partial charge in [-0.1, -0.05) is 6.07 Å². The number of fused-ring (bicyclic) bond motifs is 1. The van der Waals surface area contributed by atoms with Gasteiger partial charge in [-0.15, -0.1) is 0 Å². The minimum absolute atomic E-state index is 0.185. The molecule has 3 aromatic rings. The number of hydrogen-bond acceptors (Lipinski definition) is 6. The molecule has 1 atom stereocenters. The Morgan fingerprint density at radius 2 is 1.90 bits per heavy atom. The maximum atomic E-state index is 12.5. The van der Waals surface area contributed by atoms with E-state index in [-0.39, 0.29) is 18.9 Å². The normalized spacial score (nSPS) is 13.0. The summed E-state index contributed by atoms with van der Waals surface area (Å²) in [7, 11) is 0. The molecule has 8 heteroatoms. The van der Waals surface area contributed by atoms with Crippen molar-refractivity contribution in [2.75, 3.05) is 12.1 Å². The van der Waals surface area contributed by atoms with Crippen LogP contribution in [0, 0.1) is 6.92 Å². The van der Waals surface area contributed by atoms with Gasteiger partial charge < -0.3 is 20.1 Å². The van der Waals surface area contributed by atoms with Crippen LogP contribution in [-0.4, -0.2) is 22.8 Å². The molecule has 2 aromatic carbocycles. The molecule has 1 unspecified atom stereocenters. The molecular weight excluding hydrogens is 388 g/mol. The van der Waals surface area contributed by atoms with Crippen molar-refractivity contribution in [1.82, 2.24) is 15.3 Å². The third-order valence-corrected chi connectivity index (χ3v) is 5.32. The maximum absolute atomic E-state index is 12.5. The number of ether oxygens (including phenoxy) is 2. The molecule has 2 N–H and O–H groups in total. The van der Waals surface area contributed by atoms with Crippen LogP contribution in [0.5, 0.6) is 11.5 Å². The van der Waals surface area contributed by atoms with Gasteiger partial charge in [0.05, 0.1) is 6.04 Å². The first-order valence-corrected chi connectivity index (χ1v) is 9.93. The molecule has 29 heavy (non-hydrogen) atoms. The molecule has 7 nitrogen and oxygen atoms in total. The zero-order valence-electron chi connectivity index (χ0n) is 16.0. The van der Waals surface area contributed by atoms with Gasteiger partial charge in [0.2, 0.25) is 6.79 Å². The average molecular weight is 408 g/mol. The lowest BCUT2D eigenvalue weighted by Gasteiger charge is -2.16. The van der Waals surface area contributed by atoms with Crippen LogP contribution < -0.4 is 20.1 Å². The summed E-state index contributed by atoms with van der Waals surface area (Å²) >= 11 is 1.47. The third kappa shape index (κ3) is 4.60. The van der Waals surface area contributed by atoms with Crippen molar-refractivity contribution in [3.05, 3.63) is 66.0 Å². The quantitative estimate of drug-likeness (QED) is 0.603. The zero-order valence-corrected chi connectivity index (χ0v) is 16.8. The van der Waals surface area contributed by atoms with Gasteiger partial charge in [-0.2, -0.15) is 0 Å². The molecule has 1 aromatic heterocycles. The first-order chi connectivity index (χ1) is 14.1. The summed E-state index contributed by atoms with van der Waals surface area (Å²) in [5.74, 6) is 1.42. The minimum atomic E-state index is -0.273. The van der Waals surface area contributed by atoms with Crippen LogP contribution in [0.4, 0.5) is 10.5 Å². The van der Waals surface area contributed by atoms with E-state index in [2.05, 4.69) is 20.6 Å². The number of anilines is 1. The first-order valence-electron chi connectivity index (χ1n) is 9.11. The van der Waals surface area contributed by atoms with E-state index in [1.165, 1.54) is 11.8 Å². The lowest BCUT2D eigenvalue weighted by atomic mass is 10.1. The Kier molecular flexibility index (Phi) is 5.53. The number of aromatic nitrogens is 2. The number of rotatable bonds is 5. The van der Waals surface area contributed by atoms with Gasteiger partial charge in [-0.25, -0.2) is 14.8 Å². The highest BCUT2D eigenvalue weighted by Crippen LogP contribution is 2.34. The molecule has 1 aliphatic rings. The van der Waals surface area contributed by atoms with Gasteiger partial charge >= 0.3 is 6.03 Å². The highest BCUT2D eigenvalue weighted by Gasteiger charge is 2.17. The Morgan fingerprint density at radius 1 is 1.10 bits per heavy atom. The number of nitrogens with zero attached hydrogens (tertiary/aromatic N) is 2. The maximum Gasteiger partial charge on any atom is 0.319 e. The molecule has 0 bridgehead atoms.